The molecular weight excluding hydrogens is 343 g/mol. The molecule has 0 N–H and O–H groups in total. The van der Waals surface area contributed by atoms with Crippen LogP contribution in [0.2, 0.25) is 0 Å². The first-order valence-electron chi connectivity index (χ1n) is 10.0. The van der Waals surface area contributed by atoms with E-state index in [1.807, 2.05) is 24.3 Å². The third-order valence-electron chi connectivity index (χ3n) is 4.81. The van der Waals surface area contributed by atoms with Gasteiger partial charge in [-0.1, -0.05) is 39.2 Å². The molecular formula is C23H29FO3. The molecule has 146 valence electrons. The number of fused-ring (bicyclic) bond motifs is 1. The molecule has 0 saturated carbocycles. The minimum Gasteiger partial charge on any atom is -0.493 e. The standard InChI is InChI=1S/C23H29FO3/c1-3-5-7-8-23-26-16-18-14-17(9-12-22(18)27-23)20-11-10-19(15-21(20)24)25-13-6-4-2/h9-12,14-15,23H,3-8,13,16H2,1-2H3. The van der Waals surface area contributed by atoms with Crippen molar-refractivity contribution in [1.82, 2.24) is 0 Å². The molecule has 2 aromatic carbocycles. The van der Waals surface area contributed by atoms with E-state index in [-0.39, 0.29) is 12.1 Å². The number of rotatable bonds is 9. The Hall–Kier alpha value is -2.07. The Morgan fingerprint density at radius 2 is 1.89 bits per heavy atom. The van der Waals surface area contributed by atoms with E-state index < -0.39 is 0 Å². The summed E-state index contributed by atoms with van der Waals surface area (Å²) in [6, 6.07) is 10.8. The molecule has 0 saturated heterocycles. The van der Waals surface area contributed by atoms with Gasteiger partial charge in [-0.15, -0.1) is 0 Å². The van der Waals surface area contributed by atoms with Gasteiger partial charge in [-0.05, 0) is 42.7 Å². The Labute approximate surface area is 161 Å². The number of halogens is 1. The summed E-state index contributed by atoms with van der Waals surface area (Å²) in [5, 5.41) is 0. The van der Waals surface area contributed by atoms with Crippen LogP contribution in [-0.4, -0.2) is 12.9 Å². The largest absolute Gasteiger partial charge is 0.493 e. The lowest BCUT2D eigenvalue weighted by Gasteiger charge is -2.27. The molecule has 0 amide bonds. The monoisotopic (exact) mass is 372 g/mol. The fourth-order valence-electron chi connectivity index (χ4n) is 3.19. The molecule has 1 aliphatic rings. The highest BCUT2D eigenvalue weighted by Crippen LogP contribution is 2.34. The van der Waals surface area contributed by atoms with Crippen LogP contribution >= 0.6 is 0 Å². The molecule has 1 aliphatic heterocycles. The van der Waals surface area contributed by atoms with Crippen molar-refractivity contribution in [3.05, 3.63) is 47.8 Å². The van der Waals surface area contributed by atoms with Crippen LogP contribution in [0.4, 0.5) is 4.39 Å². The highest BCUT2D eigenvalue weighted by atomic mass is 19.1. The van der Waals surface area contributed by atoms with Crippen molar-refractivity contribution in [1.29, 1.82) is 0 Å². The summed E-state index contributed by atoms with van der Waals surface area (Å²) in [7, 11) is 0. The minimum atomic E-state index is -0.279. The quantitative estimate of drug-likeness (QED) is 0.471. The molecule has 0 fully saturated rings. The normalized spacial score (nSPS) is 15.9. The number of hydrogen-bond donors (Lipinski definition) is 0. The molecule has 0 aliphatic carbocycles. The van der Waals surface area contributed by atoms with Crippen molar-refractivity contribution in [2.45, 2.75) is 65.3 Å². The summed E-state index contributed by atoms with van der Waals surface area (Å²) < 4.78 is 31.9. The van der Waals surface area contributed by atoms with Crippen LogP contribution in [0.5, 0.6) is 11.5 Å². The van der Waals surface area contributed by atoms with Gasteiger partial charge in [0.1, 0.15) is 17.3 Å². The van der Waals surface area contributed by atoms with Gasteiger partial charge in [-0.25, -0.2) is 4.39 Å². The van der Waals surface area contributed by atoms with E-state index in [1.54, 1.807) is 6.07 Å². The third-order valence-corrected chi connectivity index (χ3v) is 4.81. The van der Waals surface area contributed by atoms with Crippen molar-refractivity contribution >= 4 is 0 Å². The summed E-state index contributed by atoms with van der Waals surface area (Å²) in [5.41, 5.74) is 2.34. The van der Waals surface area contributed by atoms with Gasteiger partial charge in [-0.3, -0.25) is 0 Å². The molecule has 2 aromatic rings. The maximum atomic E-state index is 14.6. The maximum Gasteiger partial charge on any atom is 0.200 e. The molecule has 3 rings (SSSR count). The number of hydrogen-bond acceptors (Lipinski definition) is 3. The zero-order chi connectivity index (χ0) is 19.1. The maximum absolute atomic E-state index is 14.6. The van der Waals surface area contributed by atoms with E-state index >= 15 is 0 Å². The molecule has 0 bridgehead atoms. The topological polar surface area (TPSA) is 27.7 Å². The van der Waals surface area contributed by atoms with Crippen molar-refractivity contribution in [2.24, 2.45) is 0 Å². The SMILES string of the molecule is CCCCCC1OCc2cc(-c3ccc(OCCCC)cc3F)ccc2O1. The Kier molecular flexibility index (Phi) is 7.11. The van der Waals surface area contributed by atoms with Crippen LogP contribution in [0.1, 0.15) is 57.9 Å². The van der Waals surface area contributed by atoms with Gasteiger partial charge < -0.3 is 14.2 Å². The van der Waals surface area contributed by atoms with Crippen molar-refractivity contribution in [3.63, 3.8) is 0 Å². The van der Waals surface area contributed by atoms with Crippen LogP contribution in [0.25, 0.3) is 11.1 Å². The van der Waals surface area contributed by atoms with Crippen LogP contribution < -0.4 is 9.47 Å². The molecule has 3 nitrogen and oxygen atoms in total. The van der Waals surface area contributed by atoms with Gasteiger partial charge >= 0.3 is 0 Å². The van der Waals surface area contributed by atoms with Crippen LogP contribution in [0.15, 0.2) is 36.4 Å². The predicted molar refractivity (Wildman–Crippen MR) is 106 cm³/mol. The summed E-state index contributed by atoms with van der Waals surface area (Å²) in [5.74, 6) is 1.13. The summed E-state index contributed by atoms with van der Waals surface area (Å²) in [6.07, 6.45) is 6.22. The van der Waals surface area contributed by atoms with Crippen molar-refractivity contribution in [2.75, 3.05) is 6.61 Å². The summed E-state index contributed by atoms with van der Waals surface area (Å²) in [6.45, 7) is 5.40. The molecule has 0 aromatic heterocycles. The average Bonchev–Trinajstić information content (AvgIpc) is 2.68. The highest BCUT2D eigenvalue weighted by Gasteiger charge is 2.20. The first-order chi connectivity index (χ1) is 13.2. The van der Waals surface area contributed by atoms with E-state index in [9.17, 15) is 4.39 Å². The first kappa shape index (κ1) is 19.7. The lowest BCUT2D eigenvalue weighted by atomic mass is 10.0. The Balaban J connectivity index is 1.68. The lowest BCUT2D eigenvalue weighted by Crippen LogP contribution is -2.25. The summed E-state index contributed by atoms with van der Waals surface area (Å²) >= 11 is 0. The zero-order valence-electron chi connectivity index (χ0n) is 16.3. The number of ether oxygens (including phenoxy) is 3. The second kappa shape index (κ2) is 9.75. The third kappa shape index (κ3) is 5.23. The molecule has 0 spiro atoms. The number of benzene rings is 2. The Bertz CT molecular complexity index is 744. The second-order valence-corrected chi connectivity index (χ2v) is 7.02. The Morgan fingerprint density at radius 1 is 1.04 bits per heavy atom. The minimum absolute atomic E-state index is 0.175. The van der Waals surface area contributed by atoms with E-state index in [0.29, 0.717) is 24.5 Å². The lowest BCUT2D eigenvalue weighted by molar-refractivity contribution is -0.112. The van der Waals surface area contributed by atoms with Crippen molar-refractivity contribution < 1.29 is 18.6 Å². The van der Waals surface area contributed by atoms with Gasteiger partial charge in [-0.2, -0.15) is 0 Å². The van der Waals surface area contributed by atoms with E-state index in [4.69, 9.17) is 14.2 Å². The van der Waals surface area contributed by atoms with Gasteiger partial charge in [0.2, 0.25) is 0 Å². The number of unbranched alkanes of at least 4 members (excludes halogenated alkanes) is 3. The second-order valence-electron chi connectivity index (χ2n) is 7.02. The molecule has 1 unspecified atom stereocenters. The van der Waals surface area contributed by atoms with Crippen LogP contribution in [0.3, 0.4) is 0 Å². The van der Waals surface area contributed by atoms with Crippen LogP contribution in [0, 0.1) is 5.82 Å². The van der Waals surface area contributed by atoms with Gasteiger partial charge in [0, 0.05) is 23.6 Å². The molecule has 1 heterocycles. The smallest absolute Gasteiger partial charge is 0.200 e. The van der Waals surface area contributed by atoms with E-state index in [2.05, 4.69) is 13.8 Å². The zero-order valence-corrected chi connectivity index (χ0v) is 16.3. The first-order valence-corrected chi connectivity index (χ1v) is 10.0. The van der Waals surface area contributed by atoms with E-state index in [1.165, 1.54) is 18.9 Å². The Morgan fingerprint density at radius 3 is 2.67 bits per heavy atom. The predicted octanol–water partition coefficient (Wildman–Crippen LogP) is 6.49. The fourth-order valence-corrected chi connectivity index (χ4v) is 3.19. The van der Waals surface area contributed by atoms with Gasteiger partial charge in [0.15, 0.2) is 6.29 Å². The van der Waals surface area contributed by atoms with Gasteiger partial charge in [0.25, 0.3) is 0 Å². The van der Waals surface area contributed by atoms with E-state index in [0.717, 1.165) is 42.6 Å². The molecule has 4 heteroatoms. The highest BCUT2D eigenvalue weighted by molar-refractivity contribution is 5.67. The molecule has 27 heavy (non-hydrogen) atoms. The van der Waals surface area contributed by atoms with Crippen LogP contribution in [-0.2, 0) is 11.3 Å². The fraction of sp³-hybridized carbons (Fsp3) is 0.478. The molecule has 1 atom stereocenters. The van der Waals surface area contributed by atoms with Gasteiger partial charge in [0.05, 0.1) is 13.2 Å². The average molecular weight is 372 g/mol. The van der Waals surface area contributed by atoms with Crippen molar-refractivity contribution in [3.8, 4) is 22.6 Å². The molecule has 0 radical (unpaired) electrons. The summed E-state index contributed by atoms with van der Waals surface area (Å²) in [4.78, 5) is 0.